The van der Waals surface area contributed by atoms with Crippen molar-refractivity contribution in [2.24, 2.45) is 0 Å². The van der Waals surface area contributed by atoms with E-state index >= 15 is 0 Å². The van der Waals surface area contributed by atoms with Gasteiger partial charge in [-0.25, -0.2) is 0 Å². The normalized spacial score (nSPS) is 12.8. The second-order valence-corrected chi connectivity index (χ2v) is 11.9. The molecule has 0 aliphatic carbocycles. The summed E-state index contributed by atoms with van der Waals surface area (Å²) in [5, 5.41) is 0. The van der Waals surface area contributed by atoms with E-state index in [0.29, 0.717) is 0 Å². The summed E-state index contributed by atoms with van der Waals surface area (Å²) in [4.78, 5) is 0. The Morgan fingerprint density at radius 1 is 0.550 bits per heavy atom. The average Bonchev–Trinajstić information content (AvgIpc) is 2.58. The van der Waals surface area contributed by atoms with Gasteiger partial charge < -0.3 is 0 Å². The zero-order chi connectivity index (χ0) is 15.4. The average molecular weight is 321 g/mol. The molecule has 3 aromatic carbocycles. The van der Waals surface area contributed by atoms with Crippen molar-refractivity contribution in [3.8, 4) is 0 Å². The first-order chi connectivity index (χ1) is 10.8. The molecule has 3 aromatic rings. The fraction of sp³-hybridized carbons (Fsp3) is 0.0526. The Morgan fingerprint density at radius 3 is 1.10 bits per heavy atom. The van der Waals surface area contributed by atoms with Crippen LogP contribution >= 0.6 is 0 Å². The number of rotatable bonds is 3. The topological polar surface area (TPSA) is 0 Å². The van der Waals surface area contributed by atoms with Crippen molar-refractivity contribution in [1.82, 2.24) is 0 Å². The molecule has 0 radical (unpaired) electrons. The molecule has 0 amide bonds. The Bertz CT molecular complexity index is 616. The molecular formula is C19H18Ge. The monoisotopic (exact) mass is 322 g/mol. The first-order valence-electron chi connectivity index (χ1n) is 7.93. The van der Waals surface area contributed by atoms with Crippen LogP contribution < -0.4 is 13.2 Å². The Labute approximate surface area is 126 Å². The van der Waals surface area contributed by atoms with Gasteiger partial charge in [0.1, 0.15) is 0 Å². The van der Waals surface area contributed by atoms with Crippen molar-refractivity contribution >= 4 is 26.5 Å². The minimum atomic E-state index is -3.33. The van der Waals surface area contributed by atoms with Crippen LogP contribution in [-0.4, -0.2) is 13.3 Å². The standard InChI is InChI=1S/C19H18Ge/c1-20(17-11-5-2-6-12-17,18-13-7-3-8-14-18)19-15-9-4-10-16-19/h2-16H,1H3/i1D2. The van der Waals surface area contributed by atoms with Crippen molar-refractivity contribution in [2.45, 2.75) is 5.71 Å². The summed E-state index contributed by atoms with van der Waals surface area (Å²) in [6, 6.07) is 30.7. The molecule has 0 nitrogen and oxygen atoms in total. The van der Waals surface area contributed by atoms with Crippen molar-refractivity contribution < 1.29 is 2.74 Å². The molecule has 0 unspecified atom stereocenters. The molecule has 0 bridgehead atoms. The van der Waals surface area contributed by atoms with E-state index < -0.39 is 19.0 Å². The molecule has 0 saturated heterocycles. The number of hydrogen-bond donors (Lipinski definition) is 0. The Hall–Kier alpha value is -1.80. The molecule has 0 N–H and O–H groups in total. The summed E-state index contributed by atoms with van der Waals surface area (Å²) >= 11 is -3.33. The van der Waals surface area contributed by atoms with E-state index in [1.807, 2.05) is 54.6 Å². The van der Waals surface area contributed by atoms with E-state index in [1.54, 1.807) is 0 Å². The van der Waals surface area contributed by atoms with Crippen molar-refractivity contribution in [1.29, 1.82) is 0 Å². The first kappa shape index (κ1) is 10.9. The predicted octanol–water partition coefficient (Wildman–Crippen LogP) is 2.79. The molecule has 0 aliphatic rings. The third-order valence-electron chi connectivity index (χ3n) is 3.69. The Morgan fingerprint density at radius 2 is 0.850 bits per heavy atom. The van der Waals surface area contributed by atoms with Crippen molar-refractivity contribution in [3.05, 3.63) is 91.0 Å². The van der Waals surface area contributed by atoms with Crippen LogP contribution in [0.1, 0.15) is 2.74 Å². The molecule has 0 aromatic heterocycles. The van der Waals surface area contributed by atoms with Gasteiger partial charge in [0.25, 0.3) is 0 Å². The van der Waals surface area contributed by atoms with E-state index in [0.717, 1.165) is 13.2 Å². The van der Waals surface area contributed by atoms with Gasteiger partial charge in [-0.05, 0) is 0 Å². The maximum absolute atomic E-state index is 8.45. The molecule has 0 atom stereocenters. The van der Waals surface area contributed by atoms with Crippen molar-refractivity contribution in [3.63, 3.8) is 0 Å². The number of hydrogen-bond acceptors (Lipinski definition) is 0. The van der Waals surface area contributed by atoms with Crippen molar-refractivity contribution in [2.75, 3.05) is 0 Å². The molecule has 0 heterocycles. The summed E-state index contributed by atoms with van der Waals surface area (Å²) in [5.41, 5.74) is -0.868. The van der Waals surface area contributed by atoms with Gasteiger partial charge in [0.2, 0.25) is 0 Å². The summed E-state index contributed by atoms with van der Waals surface area (Å²) < 4.78 is 20.4. The van der Waals surface area contributed by atoms with Gasteiger partial charge in [-0.1, -0.05) is 0 Å². The van der Waals surface area contributed by atoms with Crippen LogP contribution in [0.2, 0.25) is 5.71 Å². The van der Waals surface area contributed by atoms with Crippen LogP contribution in [0, 0.1) is 0 Å². The summed E-state index contributed by atoms with van der Waals surface area (Å²) in [6.45, 7) is 0. The van der Waals surface area contributed by atoms with E-state index in [9.17, 15) is 0 Å². The van der Waals surface area contributed by atoms with Crippen LogP contribution in [-0.2, 0) is 0 Å². The van der Waals surface area contributed by atoms with E-state index in [1.165, 1.54) is 0 Å². The third kappa shape index (κ3) is 2.32. The predicted molar refractivity (Wildman–Crippen MR) is 89.8 cm³/mol. The summed E-state index contributed by atoms with van der Waals surface area (Å²) in [5.74, 6) is 0. The molecule has 0 aliphatic heterocycles. The Kier molecular flexibility index (Phi) is 3.10. The van der Waals surface area contributed by atoms with Crippen LogP contribution in [0.3, 0.4) is 0 Å². The fourth-order valence-electron chi connectivity index (χ4n) is 2.60. The van der Waals surface area contributed by atoms with E-state index in [2.05, 4.69) is 36.4 Å². The van der Waals surface area contributed by atoms with Crippen LogP contribution in [0.25, 0.3) is 0 Å². The molecule has 3 rings (SSSR count). The molecule has 1 heteroatoms. The molecule has 20 heavy (non-hydrogen) atoms. The van der Waals surface area contributed by atoms with Crippen LogP contribution in [0.5, 0.6) is 0 Å². The van der Waals surface area contributed by atoms with E-state index in [-0.39, 0.29) is 0 Å². The SMILES string of the molecule is [2H][CH]([2H])[Ge]([c]1ccccc1)([c]1ccccc1)[c]1ccccc1. The van der Waals surface area contributed by atoms with Gasteiger partial charge in [0.05, 0.1) is 0 Å². The molecule has 0 fully saturated rings. The molecule has 0 saturated carbocycles. The van der Waals surface area contributed by atoms with Gasteiger partial charge in [0, 0.05) is 0 Å². The zero-order valence-electron chi connectivity index (χ0n) is 13.2. The van der Waals surface area contributed by atoms with Crippen LogP contribution in [0.15, 0.2) is 91.0 Å². The molecule has 0 spiro atoms. The first-order valence-corrected chi connectivity index (χ1v) is 11.1. The van der Waals surface area contributed by atoms with Gasteiger partial charge in [-0.15, -0.1) is 0 Å². The third-order valence-corrected chi connectivity index (χ3v) is 11.5. The maximum atomic E-state index is 8.45. The van der Waals surface area contributed by atoms with Gasteiger partial charge in [-0.2, -0.15) is 0 Å². The van der Waals surface area contributed by atoms with Gasteiger partial charge in [-0.3, -0.25) is 0 Å². The molecular weight excluding hydrogens is 301 g/mol. The minimum absolute atomic E-state index is 0.868. The number of benzene rings is 3. The fourth-order valence-corrected chi connectivity index (χ4v) is 9.22. The summed E-state index contributed by atoms with van der Waals surface area (Å²) in [6.07, 6.45) is 0. The summed E-state index contributed by atoms with van der Waals surface area (Å²) in [7, 11) is 0. The van der Waals surface area contributed by atoms with Gasteiger partial charge >= 0.3 is 126 Å². The Balaban J connectivity index is 2.34. The quantitative estimate of drug-likeness (QED) is 0.651. The second-order valence-electron chi connectivity index (χ2n) is 4.91. The zero-order valence-corrected chi connectivity index (χ0v) is 13.3. The molecule has 98 valence electrons. The van der Waals surface area contributed by atoms with E-state index in [4.69, 9.17) is 2.74 Å². The van der Waals surface area contributed by atoms with Gasteiger partial charge in [0.15, 0.2) is 0 Å². The second kappa shape index (κ2) is 5.68. The van der Waals surface area contributed by atoms with Crippen LogP contribution in [0.4, 0.5) is 0 Å².